The zero-order valence-electron chi connectivity index (χ0n) is 19.3. The number of benzene rings is 3. The smallest absolute Gasteiger partial charge is 0.234 e. The van der Waals surface area contributed by atoms with E-state index in [1.54, 1.807) is 22.2 Å². The van der Waals surface area contributed by atoms with E-state index >= 15 is 0 Å². The number of amides is 1. The molecule has 0 fully saturated rings. The number of anilines is 1. The first-order valence-corrected chi connectivity index (χ1v) is 13.1. The number of thioether (sulfide) groups is 1. The Hall–Kier alpha value is -4.08. The van der Waals surface area contributed by atoms with Gasteiger partial charge in [-0.05, 0) is 61.0 Å². The van der Waals surface area contributed by atoms with Gasteiger partial charge < -0.3 is 5.32 Å². The standard InChI is InChI=1S/C27H20N6OS2/c1-17-7-12-22-23(13-17)36-26(32-22)18-8-10-19(11-9-18)31-24(34)15-35-27-21-14-30-33(25(21)28-16-29-27)20-5-3-2-4-6-20/h2-14,16H,15H2,1H3,(H,31,34). The van der Waals surface area contributed by atoms with Gasteiger partial charge >= 0.3 is 0 Å². The fraction of sp³-hybridized carbons (Fsp3) is 0.0741. The van der Waals surface area contributed by atoms with Crippen molar-refractivity contribution in [2.75, 3.05) is 11.1 Å². The van der Waals surface area contributed by atoms with Gasteiger partial charge in [0.1, 0.15) is 16.4 Å². The quantitative estimate of drug-likeness (QED) is 0.215. The topological polar surface area (TPSA) is 85.6 Å². The summed E-state index contributed by atoms with van der Waals surface area (Å²) in [6, 6.07) is 23.9. The Morgan fingerprint density at radius 1 is 1.03 bits per heavy atom. The van der Waals surface area contributed by atoms with E-state index in [2.05, 4.69) is 45.5 Å². The number of carbonyl (C=O) groups excluding carboxylic acids is 1. The number of aryl methyl sites for hydroxylation is 1. The van der Waals surface area contributed by atoms with E-state index in [9.17, 15) is 4.79 Å². The summed E-state index contributed by atoms with van der Waals surface area (Å²) in [5.41, 5.74) is 5.62. The zero-order chi connectivity index (χ0) is 24.5. The summed E-state index contributed by atoms with van der Waals surface area (Å²) in [6.45, 7) is 2.08. The molecule has 1 amide bonds. The summed E-state index contributed by atoms with van der Waals surface area (Å²) in [6.07, 6.45) is 3.25. The second-order valence-electron chi connectivity index (χ2n) is 8.21. The Bertz CT molecular complexity index is 1690. The van der Waals surface area contributed by atoms with Crippen LogP contribution < -0.4 is 5.32 Å². The molecule has 0 aliphatic rings. The van der Waals surface area contributed by atoms with Gasteiger partial charge in [0.2, 0.25) is 5.91 Å². The van der Waals surface area contributed by atoms with Crippen molar-refractivity contribution in [2.45, 2.75) is 11.9 Å². The number of carbonyl (C=O) groups is 1. The molecule has 3 heterocycles. The number of para-hydroxylation sites is 1. The summed E-state index contributed by atoms with van der Waals surface area (Å²) < 4.78 is 2.95. The molecule has 9 heteroatoms. The number of hydrogen-bond acceptors (Lipinski definition) is 7. The molecule has 3 aromatic carbocycles. The van der Waals surface area contributed by atoms with Crippen LogP contribution in [0.25, 0.3) is 37.5 Å². The van der Waals surface area contributed by atoms with Crippen molar-refractivity contribution in [3.05, 3.63) is 90.9 Å². The van der Waals surface area contributed by atoms with Crippen LogP contribution >= 0.6 is 23.1 Å². The molecule has 0 bridgehead atoms. The molecule has 0 aliphatic carbocycles. The molecule has 0 saturated heterocycles. The van der Waals surface area contributed by atoms with Gasteiger partial charge in [-0.2, -0.15) is 5.10 Å². The number of fused-ring (bicyclic) bond motifs is 2. The van der Waals surface area contributed by atoms with E-state index in [4.69, 9.17) is 4.98 Å². The van der Waals surface area contributed by atoms with E-state index < -0.39 is 0 Å². The number of rotatable bonds is 6. The maximum atomic E-state index is 12.6. The van der Waals surface area contributed by atoms with E-state index in [0.29, 0.717) is 5.65 Å². The highest BCUT2D eigenvalue weighted by Gasteiger charge is 2.13. The van der Waals surface area contributed by atoms with E-state index in [1.165, 1.54) is 28.4 Å². The van der Waals surface area contributed by atoms with E-state index in [0.717, 1.165) is 37.9 Å². The van der Waals surface area contributed by atoms with Crippen LogP contribution in [0.2, 0.25) is 0 Å². The van der Waals surface area contributed by atoms with Crippen molar-refractivity contribution in [3.8, 4) is 16.3 Å². The normalized spacial score (nSPS) is 11.2. The van der Waals surface area contributed by atoms with Crippen molar-refractivity contribution in [3.63, 3.8) is 0 Å². The molecular weight excluding hydrogens is 488 g/mol. The lowest BCUT2D eigenvalue weighted by atomic mass is 10.2. The lowest BCUT2D eigenvalue weighted by molar-refractivity contribution is -0.113. The SMILES string of the molecule is Cc1ccc2nc(-c3ccc(NC(=O)CSc4ncnc5c4cnn5-c4ccccc4)cc3)sc2c1. The molecule has 3 aromatic heterocycles. The Kier molecular flexibility index (Phi) is 5.92. The average Bonchev–Trinajstić information content (AvgIpc) is 3.53. The highest BCUT2D eigenvalue weighted by Crippen LogP contribution is 2.31. The average molecular weight is 509 g/mol. The molecule has 0 radical (unpaired) electrons. The molecule has 6 aromatic rings. The van der Waals surface area contributed by atoms with Crippen LogP contribution in [0.1, 0.15) is 5.56 Å². The minimum Gasteiger partial charge on any atom is -0.325 e. The predicted octanol–water partition coefficient (Wildman–Crippen LogP) is 6.13. The van der Waals surface area contributed by atoms with Crippen molar-refractivity contribution in [1.82, 2.24) is 24.7 Å². The fourth-order valence-electron chi connectivity index (χ4n) is 3.88. The predicted molar refractivity (Wildman–Crippen MR) is 146 cm³/mol. The summed E-state index contributed by atoms with van der Waals surface area (Å²) in [5, 5.41) is 9.93. The molecule has 0 unspecified atom stereocenters. The van der Waals surface area contributed by atoms with Crippen LogP contribution in [0.4, 0.5) is 5.69 Å². The molecule has 0 spiro atoms. The van der Waals surface area contributed by atoms with E-state index in [-0.39, 0.29) is 11.7 Å². The largest absolute Gasteiger partial charge is 0.325 e. The summed E-state index contributed by atoms with van der Waals surface area (Å²) in [7, 11) is 0. The zero-order valence-corrected chi connectivity index (χ0v) is 20.9. The molecule has 6 rings (SSSR count). The van der Waals surface area contributed by atoms with Crippen LogP contribution in [0.15, 0.2) is 90.3 Å². The summed E-state index contributed by atoms with van der Waals surface area (Å²) >= 11 is 3.03. The monoisotopic (exact) mass is 508 g/mol. The second-order valence-corrected chi connectivity index (χ2v) is 10.2. The van der Waals surface area contributed by atoms with Crippen molar-refractivity contribution < 1.29 is 4.79 Å². The lowest BCUT2D eigenvalue weighted by Gasteiger charge is -2.06. The number of aromatic nitrogens is 5. The second kappa shape index (κ2) is 9.52. The van der Waals surface area contributed by atoms with E-state index in [1.807, 2.05) is 54.6 Å². The van der Waals surface area contributed by atoms with Gasteiger partial charge in [0.15, 0.2) is 5.65 Å². The third kappa shape index (κ3) is 4.46. The van der Waals surface area contributed by atoms with Crippen molar-refractivity contribution in [2.24, 2.45) is 0 Å². The van der Waals surface area contributed by atoms with Gasteiger partial charge in [-0.15, -0.1) is 11.3 Å². The maximum absolute atomic E-state index is 12.6. The van der Waals surface area contributed by atoms with Gasteiger partial charge in [0, 0.05) is 11.3 Å². The molecule has 36 heavy (non-hydrogen) atoms. The van der Waals surface area contributed by atoms with Gasteiger partial charge in [0.05, 0.1) is 33.2 Å². The Balaban J connectivity index is 1.13. The number of nitrogens with zero attached hydrogens (tertiary/aromatic N) is 5. The first-order chi connectivity index (χ1) is 17.6. The summed E-state index contributed by atoms with van der Waals surface area (Å²) in [5.74, 6) is 0.118. The number of nitrogens with one attached hydrogen (secondary N) is 1. The lowest BCUT2D eigenvalue weighted by Crippen LogP contribution is -2.14. The number of hydrogen-bond donors (Lipinski definition) is 1. The Morgan fingerprint density at radius 3 is 2.69 bits per heavy atom. The van der Waals surface area contributed by atoms with Crippen molar-refractivity contribution >= 4 is 55.9 Å². The fourth-order valence-corrected chi connectivity index (χ4v) is 5.71. The maximum Gasteiger partial charge on any atom is 0.234 e. The van der Waals surface area contributed by atoms with Gasteiger partial charge in [-0.25, -0.2) is 19.6 Å². The first kappa shape index (κ1) is 22.4. The summed E-state index contributed by atoms with van der Waals surface area (Å²) in [4.78, 5) is 26.1. The minimum absolute atomic E-state index is 0.106. The van der Waals surface area contributed by atoms with Crippen LogP contribution in [0, 0.1) is 6.92 Å². The molecular formula is C27H20N6OS2. The number of thiazole rings is 1. The van der Waals surface area contributed by atoms with Crippen LogP contribution in [-0.2, 0) is 4.79 Å². The molecule has 0 atom stereocenters. The first-order valence-electron chi connectivity index (χ1n) is 11.3. The van der Waals surface area contributed by atoms with Gasteiger partial charge in [-0.3, -0.25) is 4.79 Å². The molecule has 0 aliphatic heterocycles. The molecule has 7 nitrogen and oxygen atoms in total. The highest BCUT2D eigenvalue weighted by molar-refractivity contribution is 8.00. The Morgan fingerprint density at radius 2 is 1.86 bits per heavy atom. The highest BCUT2D eigenvalue weighted by atomic mass is 32.2. The third-order valence-corrected chi connectivity index (χ3v) is 7.70. The minimum atomic E-state index is -0.106. The third-order valence-electron chi connectivity index (χ3n) is 5.63. The Labute approximate surface area is 215 Å². The van der Waals surface area contributed by atoms with Crippen molar-refractivity contribution in [1.29, 1.82) is 0 Å². The molecule has 0 saturated carbocycles. The van der Waals surface area contributed by atoms with Gasteiger partial charge in [0.25, 0.3) is 0 Å². The molecule has 1 N–H and O–H groups in total. The van der Waals surface area contributed by atoms with Crippen LogP contribution in [0.5, 0.6) is 0 Å². The molecule has 176 valence electrons. The van der Waals surface area contributed by atoms with Crippen LogP contribution in [0.3, 0.4) is 0 Å². The van der Waals surface area contributed by atoms with Gasteiger partial charge in [-0.1, -0.05) is 36.0 Å². The van der Waals surface area contributed by atoms with Crippen LogP contribution in [-0.4, -0.2) is 36.4 Å².